The van der Waals surface area contributed by atoms with Gasteiger partial charge in [-0.25, -0.2) is 0 Å². The van der Waals surface area contributed by atoms with Crippen molar-refractivity contribution in [2.45, 2.75) is 26.7 Å². The number of aromatic nitrogens is 2. The summed E-state index contributed by atoms with van der Waals surface area (Å²) in [7, 11) is 1.99. The molecule has 0 unspecified atom stereocenters. The van der Waals surface area contributed by atoms with E-state index in [0.717, 1.165) is 51.4 Å². The van der Waals surface area contributed by atoms with Crippen LogP contribution in [0.15, 0.2) is 4.99 Å². The molecule has 1 aliphatic rings. The van der Waals surface area contributed by atoms with Crippen LogP contribution in [-0.2, 0) is 18.2 Å². The van der Waals surface area contributed by atoms with Gasteiger partial charge in [-0.2, -0.15) is 5.10 Å². The third-order valence-electron chi connectivity index (χ3n) is 3.85. The summed E-state index contributed by atoms with van der Waals surface area (Å²) in [5.74, 6) is 0.646. The molecular weight excluding hydrogens is 381 g/mol. The van der Waals surface area contributed by atoms with Crippen molar-refractivity contribution in [1.29, 1.82) is 0 Å². The van der Waals surface area contributed by atoms with Crippen molar-refractivity contribution in [3.05, 3.63) is 17.0 Å². The standard InChI is InChI=1S/C14H25N5O.HI/c1-11-13(12(2)18(3)17-11)5-4-6-16-14(15)19-7-9-20-10-8-19;/h4-10H2,1-3H3,(H2,15,16);1H. The van der Waals surface area contributed by atoms with Crippen molar-refractivity contribution in [1.82, 2.24) is 14.7 Å². The zero-order valence-corrected chi connectivity index (χ0v) is 15.5. The SMILES string of the molecule is Cc1nn(C)c(C)c1CCCN=C(N)N1CCOCC1.I. The average Bonchev–Trinajstić information content (AvgIpc) is 2.70. The Hall–Kier alpha value is -0.830. The summed E-state index contributed by atoms with van der Waals surface area (Å²) in [4.78, 5) is 6.55. The average molecular weight is 407 g/mol. The summed E-state index contributed by atoms with van der Waals surface area (Å²) in [6.45, 7) is 8.10. The van der Waals surface area contributed by atoms with Gasteiger partial charge < -0.3 is 15.4 Å². The lowest BCUT2D eigenvalue weighted by Crippen LogP contribution is -2.44. The van der Waals surface area contributed by atoms with Crippen molar-refractivity contribution >= 4 is 29.9 Å². The largest absolute Gasteiger partial charge is 0.378 e. The van der Waals surface area contributed by atoms with Gasteiger partial charge in [-0.05, 0) is 32.3 Å². The summed E-state index contributed by atoms with van der Waals surface area (Å²) in [5, 5.41) is 4.43. The topological polar surface area (TPSA) is 68.7 Å². The molecule has 0 radical (unpaired) electrons. The first-order valence-electron chi connectivity index (χ1n) is 7.21. The highest BCUT2D eigenvalue weighted by atomic mass is 127. The number of nitrogens with two attached hydrogens (primary N) is 1. The van der Waals surface area contributed by atoms with E-state index in [1.54, 1.807) is 0 Å². The quantitative estimate of drug-likeness (QED) is 0.353. The number of hydrogen-bond donors (Lipinski definition) is 1. The van der Waals surface area contributed by atoms with Crippen LogP contribution in [0.25, 0.3) is 0 Å². The molecule has 2 N–H and O–H groups in total. The second-order valence-electron chi connectivity index (χ2n) is 5.22. The Morgan fingerprint density at radius 2 is 2.00 bits per heavy atom. The van der Waals surface area contributed by atoms with E-state index in [1.807, 2.05) is 11.7 Å². The number of aryl methyl sites for hydroxylation is 2. The van der Waals surface area contributed by atoms with Gasteiger partial charge in [-0.15, -0.1) is 24.0 Å². The molecule has 0 amide bonds. The van der Waals surface area contributed by atoms with Crippen molar-refractivity contribution < 1.29 is 4.74 Å². The fourth-order valence-corrected chi connectivity index (χ4v) is 2.52. The van der Waals surface area contributed by atoms with Gasteiger partial charge in [0.15, 0.2) is 5.96 Å². The number of halogens is 1. The third-order valence-corrected chi connectivity index (χ3v) is 3.85. The second-order valence-corrected chi connectivity index (χ2v) is 5.22. The smallest absolute Gasteiger partial charge is 0.191 e. The minimum atomic E-state index is 0. The number of rotatable bonds is 4. The lowest BCUT2D eigenvalue weighted by Gasteiger charge is -2.27. The van der Waals surface area contributed by atoms with Crippen LogP contribution >= 0.6 is 24.0 Å². The molecule has 1 aliphatic heterocycles. The van der Waals surface area contributed by atoms with Gasteiger partial charge in [0, 0.05) is 32.4 Å². The second kappa shape index (κ2) is 8.57. The monoisotopic (exact) mass is 407 g/mol. The van der Waals surface area contributed by atoms with E-state index in [9.17, 15) is 0 Å². The summed E-state index contributed by atoms with van der Waals surface area (Å²) < 4.78 is 7.24. The number of morpholine rings is 1. The van der Waals surface area contributed by atoms with Crippen LogP contribution in [0.1, 0.15) is 23.4 Å². The summed E-state index contributed by atoms with van der Waals surface area (Å²) in [5.41, 5.74) is 9.70. The molecule has 2 rings (SSSR count). The molecule has 0 saturated carbocycles. The van der Waals surface area contributed by atoms with Gasteiger partial charge in [0.05, 0.1) is 18.9 Å². The molecule has 6 nitrogen and oxygen atoms in total. The minimum Gasteiger partial charge on any atom is -0.378 e. The Bertz CT molecular complexity index is 480. The molecule has 2 heterocycles. The number of nitrogens with zero attached hydrogens (tertiary/aromatic N) is 4. The van der Waals surface area contributed by atoms with Gasteiger partial charge in [0.2, 0.25) is 0 Å². The van der Waals surface area contributed by atoms with Gasteiger partial charge >= 0.3 is 0 Å². The fraction of sp³-hybridized carbons (Fsp3) is 0.714. The van der Waals surface area contributed by atoms with Crippen LogP contribution < -0.4 is 5.73 Å². The van der Waals surface area contributed by atoms with E-state index >= 15 is 0 Å². The van der Waals surface area contributed by atoms with Crippen molar-refractivity contribution in [3.63, 3.8) is 0 Å². The molecule has 120 valence electrons. The van der Waals surface area contributed by atoms with E-state index in [4.69, 9.17) is 10.5 Å². The maximum atomic E-state index is 6.00. The zero-order valence-electron chi connectivity index (χ0n) is 13.1. The number of ether oxygens (including phenoxy) is 1. The molecule has 0 aromatic carbocycles. The fourth-order valence-electron chi connectivity index (χ4n) is 2.52. The molecule has 1 fully saturated rings. The number of hydrogen-bond acceptors (Lipinski definition) is 3. The molecule has 7 heteroatoms. The zero-order chi connectivity index (χ0) is 14.5. The van der Waals surface area contributed by atoms with Crippen LogP contribution in [0.4, 0.5) is 0 Å². The van der Waals surface area contributed by atoms with Crippen LogP contribution in [-0.4, -0.2) is 53.5 Å². The normalized spacial score (nSPS) is 16.0. The lowest BCUT2D eigenvalue weighted by atomic mass is 10.1. The first kappa shape index (κ1) is 18.2. The highest BCUT2D eigenvalue weighted by Crippen LogP contribution is 2.13. The van der Waals surface area contributed by atoms with Crippen LogP contribution in [0, 0.1) is 13.8 Å². The Morgan fingerprint density at radius 3 is 2.57 bits per heavy atom. The lowest BCUT2D eigenvalue weighted by molar-refractivity contribution is 0.0674. The number of guanidine groups is 1. The van der Waals surface area contributed by atoms with E-state index in [2.05, 4.69) is 28.8 Å². The van der Waals surface area contributed by atoms with Crippen molar-refractivity contribution in [2.24, 2.45) is 17.8 Å². The van der Waals surface area contributed by atoms with E-state index in [0.29, 0.717) is 5.96 Å². The van der Waals surface area contributed by atoms with Gasteiger partial charge in [0.25, 0.3) is 0 Å². The highest BCUT2D eigenvalue weighted by Gasteiger charge is 2.12. The minimum absolute atomic E-state index is 0. The predicted octanol–water partition coefficient (Wildman–Crippen LogP) is 1.23. The first-order chi connectivity index (χ1) is 9.59. The number of aliphatic imine (C=N–C) groups is 1. The third kappa shape index (κ3) is 4.84. The van der Waals surface area contributed by atoms with Crippen molar-refractivity contribution in [2.75, 3.05) is 32.8 Å². The summed E-state index contributed by atoms with van der Waals surface area (Å²) >= 11 is 0. The molecule has 0 aliphatic carbocycles. The van der Waals surface area contributed by atoms with Crippen molar-refractivity contribution in [3.8, 4) is 0 Å². The van der Waals surface area contributed by atoms with E-state index in [-0.39, 0.29) is 24.0 Å². The van der Waals surface area contributed by atoms with Crippen LogP contribution in [0.5, 0.6) is 0 Å². The Morgan fingerprint density at radius 1 is 1.33 bits per heavy atom. The predicted molar refractivity (Wildman–Crippen MR) is 95.3 cm³/mol. The van der Waals surface area contributed by atoms with E-state index < -0.39 is 0 Å². The molecule has 0 atom stereocenters. The summed E-state index contributed by atoms with van der Waals surface area (Å²) in [6, 6.07) is 0. The first-order valence-corrected chi connectivity index (χ1v) is 7.21. The Labute approximate surface area is 143 Å². The molecule has 1 aromatic heterocycles. The Kier molecular flexibility index (Phi) is 7.44. The van der Waals surface area contributed by atoms with E-state index in [1.165, 1.54) is 11.3 Å². The maximum Gasteiger partial charge on any atom is 0.191 e. The molecular formula is C14H26IN5O. The summed E-state index contributed by atoms with van der Waals surface area (Å²) in [6.07, 6.45) is 2.00. The molecule has 21 heavy (non-hydrogen) atoms. The van der Waals surface area contributed by atoms with Gasteiger partial charge in [-0.3, -0.25) is 9.67 Å². The molecule has 1 saturated heterocycles. The van der Waals surface area contributed by atoms with Gasteiger partial charge in [0.1, 0.15) is 0 Å². The Balaban J connectivity index is 0.00000220. The van der Waals surface area contributed by atoms with Crippen LogP contribution in [0.3, 0.4) is 0 Å². The molecule has 1 aromatic rings. The highest BCUT2D eigenvalue weighted by molar-refractivity contribution is 14.0. The van der Waals surface area contributed by atoms with Crippen LogP contribution in [0.2, 0.25) is 0 Å². The van der Waals surface area contributed by atoms with Gasteiger partial charge in [-0.1, -0.05) is 0 Å². The molecule has 0 bridgehead atoms. The maximum absolute atomic E-state index is 6.00. The molecule has 0 spiro atoms.